The fourth-order valence-corrected chi connectivity index (χ4v) is 2.85. The van der Waals surface area contributed by atoms with Crippen molar-refractivity contribution in [2.24, 2.45) is 0 Å². The van der Waals surface area contributed by atoms with E-state index < -0.39 is 11.4 Å². The van der Waals surface area contributed by atoms with E-state index in [2.05, 4.69) is 6.07 Å². The normalized spacial score (nSPS) is 16.4. The van der Waals surface area contributed by atoms with Gasteiger partial charge in [-0.25, -0.2) is 0 Å². The molecular weight excluding hydrogens is 296 g/mol. The fourth-order valence-electron chi connectivity index (χ4n) is 2.85. The zero-order chi connectivity index (χ0) is 16.7. The van der Waals surface area contributed by atoms with Crippen molar-refractivity contribution in [1.29, 1.82) is 5.26 Å². The Labute approximate surface area is 135 Å². The first-order valence-corrected chi connectivity index (χ1v) is 7.66. The van der Waals surface area contributed by atoms with Crippen molar-refractivity contribution in [1.82, 2.24) is 4.90 Å². The predicted molar refractivity (Wildman–Crippen MR) is 83.0 cm³/mol. The van der Waals surface area contributed by atoms with Gasteiger partial charge in [-0.05, 0) is 25.3 Å². The zero-order valence-corrected chi connectivity index (χ0v) is 12.9. The summed E-state index contributed by atoms with van der Waals surface area (Å²) in [4.78, 5) is 23.1. The lowest BCUT2D eigenvalue weighted by Crippen LogP contribution is -2.41. The van der Waals surface area contributed by atoms with Crippen molar-refractivity contribution in [3.63, 3.8) is 0 Å². The van der Waals surface area contributed by atoms with E-state index in [1.807, 2.05) is 18.2 Å². The molecule has 0 unspecified atom stereocenters. The molecule has 1 N–H and O–H groups in total. The van der Waals surface area contributed by atoms with Gasteiger partial charge in [0.05, 0.1) is 18.1 Å². The molecule has 1 aliphatic rings. The van der Waals surface area contributed by atoms with Crippen LogP contribution in [0.3, 0.4) is 0 Å². The molecule has 0 aliphatic carbocycles. The lowest BCUT2D eigenvalue weighted by molar-refractivity contribution is -0.137. The Hall–Kier alpha value is -2.55. The highest BCUT2D eigenvalue weighted by atomic mass is 16.5. The van der Waals surface area contributed by atoms with E-state index in [1.54, 1.807) is 11.0 Å². The van der Waals surface area contributed by atoms with E-state index in [0.717, 1.165) is 12.0 Å². The number of aliphatic carboxylic acids is 1. The number of hydrogen-bond donors (Lipinski definition) is 1. The molecule has 0 aromatic heterocycles. The Morgan fingerprint density at radius 3 is 2.70 bits per heavy atom. The van der Waals surface area contributed by atoms with Crippen molar-refractivity contribution in [3.05, 3.63) is 29.8 Å². The number of ether oxygens (including phenoxy) is 1. The van der Waals surface area contributed by atoms with E-state index in [1.165, 1.54) is 0 Å². The number of nitriles is 1. The molecule has 1 amide bonds. The standard InChI is InChI=1S/C17H20N2O4/c18-12-17(7-9-19(13-20)10-8-17)14-4-1-2-5-15(14)23-11-3-6-16(21)22/h1-2,4-5,13H,3,6-11H2,(H,21,22). The molecule has 1 aliphatic heterocycles. The number of piperidine rings is 1. The third-order valence-electron chi connectivity index (χ3n) is 4.21. The van der Waals surface area contributed by atoms with Gasteiger partial charge < -0.3 is 14.7 Å². The topological polar surface area (TPSA) is 90.6 Å². The summed E-state index contributed by atoms with van der Waals surface area (Å²) in [6.07, 6.45) is 2.42. The largest absolute Gasteiger partial charge is 0.493 e. The van der Waals surface area contributed by atoms with Crippen LogP contribution in [0.25, 0.3) is 0 Å². The summed E-state index contributed by atoms with van der Waals surface area (Å²) in [5, 5.41) is 18.4. The van der Waals surface area contributed by atoms with Gasteiger partial charge in [0, 0.05) is 25.1 Å². The van der Waals surface area contributed by atoms with Crippen LogP contribution in [-0.4, -0.2) is 42.1 Å². The molecule has 1 fully saturated rings. The van der Waals surface area contributed by atoms with Crippen molar-refractivity contribution in [2.45, 2.75) is 31.1 Å². The van der Waals surface area contributed by atoms with E-state index in [-0.39, 0.29) is 6.42 Å². The monoisotopic (exact) mass is 316 g/mol. The zero-order valence-electron chi connectivity index (χ0n) is 12.9. The highest BCUT2D eigenvalue weighted by molar-refractivity contribution is 5.66. The Kier molecular flexibility index (Phi) is 5.58. The minimum Gasteiger partial charge on any atom is -0.493 e. The lowest BCUT2D eigenvalue weighted by atomic mass is 9.73. The van der Waals surface area contributed by atoms with E-state index in [4.69, 9.17) is 9.84 Å². The van der Waals surface area contributed by atoms with Crippen LogP contribution in [0.4, 0.5) is 0 Å². The maximum atomic E-state index is 10.9. The van der Waals surface area contributed by atoms with Crippen molar-refractivity contribution in [2.75, 3.05) is 19.7 Å². The molecule has 2 rings (SSSR count). The minimum absolute atomic E-state index is 0.0554. The van der Waals surface area contributed by atoms with Crippen LogP contribution in [-0.2, 0) is 15.0 Å². The van der Waals surface area contributed by atoms with E-state index in [9.17, 15) is 14.9 Å². The van der Waals surface area contributed by atoms with Gasteiger partial charge in [-0.15, -0.1) is 0 Å². The number of carbonyl (C=O) groups excluding carboxylic acids is 1. The van der Waals surface area contributed by atoms with Gasteiger partial charge in [0.1, 0.15) is 5.75 Å². The minimum atomic E-state index is -0.850. The van der Waals surface area contributed by atoms with Crippen molar-refractivity contribution >= 4 is 12.4 Å². The first kappa shape index (κ1) is 16.8. The number of amides is 1. The molecule has 122 valence electrons. The van der Waals surface area contributed by atoms with Gasteiger partial charge in [-0.2, -0.15) is 5.26 Å². The van der Waals surface area contributed by atoms with Crippen LogP contribution in [0.2, 0.25) is 0 Å². The number of hydrogen-bond acceptors (Lipinski definition) is 4. The molecule has 0 saturated carbocycles. The number of benzene rings is 1. The summed E-state index contributed by atoms with van der Waals surface area (Å²) in [6.45, 7) is 1.39. The smallest absolute Gasteiger partial charge is 0.303 e. The van der Waals surface area contributed by atoms with Gasteiger partial charge in [0.15, 0.2) is 0 Å². The maximum Gasteiger partial charge on any atom is 0.303 e. The third kappa shape index (κ3) is 4.01. The Morgan fingerprint density at radius 2 is 2.09 bits per heavy atom. The summed E-state index contributed by atoms with van der Waals surface area (Å²) in [7, 11) is 0. The molecular formula is C17H20N2O4. The second-order valence-electron chi connectivity index (χ2n) is 5.68. The van der Waals surface area contributed by atoms with Crippen molar-refractivity contribution < 1.29 is 19.4 Å². The lowest BCUT2D eigenvalue weighted by Gasteiger charge is -2.36. The second kappa shape index (κ2) is 7.63. The Balaban J connectivity index is 2.13. The highest BCUT2D eigenvalue weighted by Crippen LogP contribution is 2.39. The van der Waals surface area contributed by atoms with Crippen molar-refractivity contribution in [3.8, 4) is 11.8 Å². The van der Waals surface area contributed by atoms with E-state index >= 15 is 0 Å². The molecule has 1 aromatic carbocycles. The molecule has 1 saturated heterocycles. The van der Waals surface area contributed by atoms with E-state index in [0.29, 0.717) is 44.7 Å². The van der Waals surface area contributed by atoms with Gasteiger partial charge in [-0.1, -0.05) is 18.2 Å². The molecule has 0 bridgehead atoms. The summed E-state index contributed by atoms with van der Waals surface area (Å²) in [5.74, 6) is -0.226. The average Bonchev–Trinajstić information content (AvgIpc) is 2.59. The van der Waals surface area contributed by atoms with Gasteiger partial charge in [0.2, 0.25) is 6.41 Å². The molecule has 23 heavy (non-hydrogen) atoms. The summed E-state index contributed by atoms with van der Waals surface area (Å²) in [5.41, 5.74) is 0.159. The fraction of sp³-hybridized carbons (Fsp3) is 0.471. The van der Waals surface area contributed by atoms with Gasteiger partial charge >= 0.3 is 5.97 Å². The van der Waals surface area contributed by atoms with Crippen LogP contribution in [0, 0.1) is 11.3 Å². The average molecular weight is 316 g/mol. The number of rotatable bonds is 7. The number of carboxylic acid groups (broad SMARTS) is 1. The quantitative estimate of drug-likeness (QED) is 0.613. The third-order valence-corrected chi connectivity index (χ3v) is 4.21. The molecule has 1 heterocycles. The number of carbonyl (C=O) groups is 2. The Morgan fingerprint density at radius 1 is 1.39 bits per heavy atom. The summed E-state index contributed by atoms with van der Waals surface area (Å²) in [6, 6.07) is 9.80. The molecule has 6 heteroatoms. The molecule has 0 atom stereocenters. The number of likely N-dealkylation sites (tertiary alicyclic amines) is 1. The van der Waals surface area contributed by atoms with Crippen LogP contribution in [0.15, 0.2) is 24.3 Å². The summed E-state index contributed by atoms with van der Waals surface area (Å²) < 4.78 is 5.72. The van der Waals surface area contributed by atoms with Crippen LogP contribution >= 0.6 is 0 Å². The SMILES string of the molecule is N#CC1(c2ccccc2OCCCC(=O)O)CCN(C=O)CC1. The van der Waals surface area contributed by atoms with Crippen LogP contribution in [0.5, 0.6) is 5.75 Å². The Bertz CT molecular complexity index is 601. The summed E-state index contributed by atoms with van der Waals surface area (Å²) >= 11 is 0. The van der Waals surface area contributed by atoms with Crippen LogP contribution in [0.1, 0.15) is 31.2 Å². The first-order valence-electron chi connectivity index (χ1n) is 7.66. The maximum absolute atomic E-state index is 10.9. The molecule has 6 nitrogen and oxygen atoms in total. The second-order valence-corrected chi connectivity index (χ2v) is 5.68. The first-order chi connectivity index (χ1) is 11.1. The van der Waals surface area contributed by atoms with Gasteiger partial charge in [-0.3, -0.25) is 9.59 Å². The molecule has 0 radical (unpaired) electrons. The number of nitrogens with zero attached hydrogens (tertiary/aromatic N) is 2. The van der Waals surface area contributed by atoms with Crippen LogP contribution < -0.4 is 4.74 Å². The molecule has 0 spiro atoms. The number of para-hydroxylation sites is 1. The highest BCUT2D eigenvalue weighted by Gasteiger charge is 2.38. The number of carboxylic acids is 1. The molecule has 1 aromatic rings. The van der Waals surface area contributed by atoms with Gasteiger partial charge in [0.25, 0.3) is 0 Å². The predicted octanol–water partition coefficient (Wildman–Crippen LogP) is 1.94.